The molecule has 0 bridgehead atoms. The van der Waals surface area contributed by atoms with Gasteiger partial charge < -0.3 is 5.32 Å². The van der Waals surface area contributed by atoms with Gasteiger partial charge in [0.2, 0.25) is 5.91 Å². The number of hydrogen-bond donors (Lipinski definition) is 1. The summed E-state index contributed by atoms with van der Waals surface area (Å²) in [6.45, 7) is 4.09. The third-order valence-corrected chi connectivity index (χ3v) is 6.02. The highest BCUT2D eigenvalue weighted by Crippen LogP contribution is 2.28. The van der Waals surface area contributed by atoms with Crippen LogP contribution >= 0.6 is 11.8 Å². The Morgan fingerprint density at radius 1 is 0.939 bits per heavy atom. The van der Waals surface area contributed by atoms with Crippen molar-refractivity contribution in [3.63, 3.8) is 0 Å². The van der Waals surface area contributed by atoms with Crippen LogP contribution in [0.3, 0.4) is 0 Å². The highest BCUT2D eigenvalue weighted by atomic mass is 32.2. The molecular weight excluding hydrogens is 430 g/mol. The molecule has 1 aromatic heterocycles. The van der Waals surface area contributed by atoms with Crippen molar-refractivity contribution in [2.75, 3.05) is 11.1 Å². The maximum absolute atomic E-state index is 12.6. The van der Waals surface area contributed by atoms with Crippen LogP contribution in [-0.2, 0) is 11.2 Å². The second-order valence-electron chi connectivity index (χ2n) is 7.71. The Balaban J connectivity index is 1.54. The van der Waals surface area contributed by atoms with E-state index >= 15 is 0 Å². The molecule has 1 heterocycles. The van der Waals surface area contributed by atoms with Crippen LogP contribution in [-0.4, -0.2) is 26.4 Å². The van der Waals surface area contributed by atoms with E-state index in [1.807, 2.05) is 79.1 Å². The Morgan fingerprint density at radius 3 is 2.21 bits per heavy atom. The molecule has 0 spiro atoms. The second kappa shape index (κ2) is 10.2. The van der Waals surface area contributed by atoms with Gasteiger partial charge in [-0.2, -0.15) is 5.26 Å². The highest BCUT2D eigenvalue weighted by Gasteiger charge is 2.17. The third kappa shape index (κ3) is 5.48. The molecule has 3 aromatic carbocycles. The fraction of sp³-hybridized carbons (Fsp3) is 0.154. The molecule has 1 amide bonds. The van der Waals surface area contributed by atoms with Gasteiger partial charge in [-0.25, -0.2) is 0 Å². The molecule has 0 radical (unpaired) electrons. The zero-order valence-corrected chi connectivity index (χ0v) is 19.3. The van der Waals surface area contributed by atoms with Crippen LogP contribution < -0.4 is 5.32 Å². The summed E-state index contributed by atoms with van der Waals surface area (Å²) in [6, 6.07) is 25.7. The molecule has 33 heavy (non-hydrogen) atoms. The summed E-state index contributed by atoms with van der Waals surface area (Å²) in [7, 11) is 0. The Labute approximate surface area is 197 Å². The van der Waals surface area contributed by atoms with Gasteiger partial charge in [-0.1, -0.05) is 71.4 Å². The van der Waals surface area contributed by atoms with Gasteiger partial charge in [0, 0.05) is 16.9 Å². The summed E-state index contributed by atoms with van der Waals surface area (Å²) >= 11 is 1.34. The normalized spacial score (nSPS) is 10.6. The SMILES string of the molecule is Cc1ccc(-c2nnc(SCC(=O)Nc3ccc(CC#N)cc3)n2-c2ccc(C)cc2)cc1. The molecule has 1 N–H and O–H groups in total. The summed E-state index contributed by atoms with van der Waals surface area (Å²) in [6.07, 6.45) is 0.349. The molecule has 164 valence electrons. The quantitative estimate of drug-likeness (QED) is 0.382. The molecule has 4 rings (SSSR count). The monoisotopic (exact) mass is 453 g/mol. The van der Waals surface area contributed by atoms with Crippen molar-refractivity contribution < 1.29 is 4.79 Å². The van der Waals surface area contributed by atoms with Gasteiger partial charge >= 0.3 is 0 Å². The summed E-state index contributed by atoms with van der Waals surface area (Å²) in [5, 5.41) is 21.2. The molecule has 0 aliphatic carbocycles. The first-order chi connectivity index (χ1) is 16.0. The van der Waals surface area contributed by atoms with Crippen molar-refractivity contribution in [3.05, 3.63) is 89.5 Å². The standard InChI is InChI=1S/C26H23N5OS/c1-18-3-9-21(10-4-18)25-29-30-26(31(25)23-13-5-19(2)6-14-23)33-17-24(32)28-22-11-7-20(8-12-22)15-16-27/h3-14H,15,17H2,1-2H3,(H,28,32). The number of carbonyl (C=O) groups excluding carboxylic acids is 1. The van der Waals surface area contributed by atoms with Crippen molar-refractivity contribution in [1.82, 2.24) is 14.8 Å². The molecule has 0 aliphatic heterocycles. The van der Waals surface area contributed by atoms with Gasteiger partial charge in [0.05, 0.1) is 18.2 Å². The van der Waals surface area contributed by atoms with Crippen molar-refractivity contribution in [2.24, 2.45) is 0 Å². The topological polar surface area (TPSA) is 83.6 Å². The van der Waals surface area contributed by atoms with Crippen molar-refractivity contribution >= 4 is 23.4 Å². The van der Waals surface area contributed by atoms with Crippen molar-refractivity contribution in [3.8, 4) is 23.1 Å². The van der Waals surface area contributed by atoms with E-state index in [0.717, 1.165) is 28.2 Å². The predicted molar refractivity (Wildman–Crippen MR) is 131 cm³/mol. The first kappa shape index (κ1) is 22.3. The molecule has 0 atom stereocenters. The lowest BCUT2D eigenvalue weighted by molar-refractivity contribution is -0.113. The molecule has 0 saturated heterocycles. The smallest absolute Gasteiger partial charge is 0.234 e. The number of amides is 1. The summed E-state index contributed by atoms with van der Waals surface area (Å²) in [5.41, 5.74) is 5.85. The number of hydrogen-bond acceptors (Lipinski definition) is 5. The van der Waals surface area contributed by atoms with Gasteiger partial charge in [-0.3, -0.25) is 9.36 Å². The summed E-state index contributed by atoms with van der Waals surface area (Å²) in [4.78, 5) is 12.6. The number of nitriles is 1. The van der Waals surface area contributed by atoms with Crippen molar-refractivity contribution in [1.29, 1.82) is 5.26 Å². The average molecular weight is 454 g/mol. The van der Waals surface area contributed by atoms with Crippen LogP contribution in [0.5, 0.6) is 0 Å². The molecule has 4 aromatic rings. The molecule has 0 saturated carbocycles. The van der Waals surface area contributed by atoms with Gasteiger partial charge in [-0.15, -0.1) is 10.2 Å². The van der Waals surface area contributed by atoms with Crippen LogP contribution in [0, 0.1) is 25.2 Å². The number of anilines is 1. The van der Waals surface area contributed by atoms with Gasteiger partial charge in [0.1, 0.15) is 0 Å². The number of thioether (sulfide) groups is 1. The molecule has 0 fully saturated rings. The van der Waals surface area contributed by atoms with E-state index in [9.17, 15) is 4.79 Å². The zero-order chi connectivity index (χ0) is 23.2. The zero-order valence-electron chi connectivity index (χ0n) is 18.4. The number of aromatic nitrogens is 3. The Bertz CT molecular complexity index is 1290. The Hall–Kier alpha value is -3.89. The van der Waals surface area contributed by atoms with Crippen LogP contribution in [0.2, 0.25) is 0 Å². The molecule has 0 unspecified atom stereocenters. The summed E-state index contributed by atoms with van der Waals surface area (Å²) < 4.78 is 1.98. The molecule has 6 nitrogen and oxygen atoms in total. The number of carbonyl (C=O) groups is 1. The fourth-order valence-electron chi connectivity index (χ4n) is 3.30. The van der Waals surface area contributed by atoms with Crippen LogP contribution in [0.15, 0.2) is 78.0 Å². The maximum atomic E-state index is 12.6. The van der Waals surface area contributed by atoms with E-state index in [-0.39, 0.29) is 11.7 Å². The lowest BCUT2D eigenvalue weighted by Gasteiger charge is -2.11. The minimum absolute atomic E-state index is 0.136. The maximum Gasteiger partial charge on any atom is 0.234 e. The number of rotatable bonds is 7. The Morgan fingerprint density at radius 2 is 1.58 bits per heavy atom. The molecule has 7 heteroatoms. The van der Waals surface area contributed by atoms with E-state index in [1.165, 1.54) is 17.3 Å². The van der Waals surface area contributed by atoms with Crippen LogP contribution in [0.1, 0.15) is 16.7 Å². The number of benzene rings is 3. The first-order valence-electron chi connectivity index (χ1n) is 10.5. The highest BCUT2D eigenvalue weighted by molar-refractivity contribution is 7.99. The van der Waals surface area contributed by atoms with E-state index in [1.54, 1.807) is 12.1 Å². The Kier molecular flexibility index (Phi) is 6.86. The fourth-order valence-corrected chi connectivity index (χ4v) is 4.06. The molecular formula is C26H23N5OS. The van der Waals surface area contributed by atoms with E-state index in [2.05, 4.69) is 21.6 Å². The third-order valence-electron chi connectivity index (χ3n) is 5.09. The average Bonchev–Trinajstić information content (AvgIpc) is 3.24. The lowest BCUT2D eigenvalue weighted by Crippen LogP contribution is -2.14. The van der Waals surface area contributed by atoms with Gasteiger partial charge in [-0.05, 0) is 43.7 Å². The van der Waals surface area contributed by atoms with Crippen LogP contribution in [0.25, 0.3) is 17.1 Å². The number of nitrogens with one attached hydrogen (secondary N) is 1. The minimum atomic E-state index is -0.136. The minimum Gasteiger partial charge on any atom is -0.325 e. The lowest BCUT2D eigenvalue weighted by atomic mass is 10.1. The number of aryl methyl sites for hydroxylation is 2. The van der Waals surface area contributed by atoms with Gasteiger partial charge in [0.25, 0.3) is 0 Å². The number of nitrogens with zero attached hydrogens (tertiary/aromatic N) is 4. The largest absolute Gasteiger partial charge is 0.325 e. The van der Waals surface area contributed by atoms with Crippen molar-refractivity contribution in [2.45, 2.75) is 25.4 Å². The van der Waals surface area contributed by atoms with E-state index in [0.29, 0.717) is 17.3 Å². The first-order valence-corrected chi connectivity index (χ1v) is 11.5. The van der Waals surface area contributed by atoms with E-state index < -0.39 is 0 Å². The summed E-state index contributed by atoms with van der Waals surface area (Å²) in [5.74, 6) is 0.788. The van der Waals surface area contributed by atoms with Crippen LogP contribution in [0.4, 0.5) is 5.69 Å². The second-order valence-corrected chi connectivity index (χ2v) is 8.65. The predicted octanol–water partition coefficient (Wildman–Crippen LogP) is 5.35. The van der Waals surface area contributed by atoms with Gasteiger partial charge in [0.15, 0.2) is 11.0 Å². The van der Waals surface area contributed by atoms with E-state index in [4.69, 9.17) is 5.26 Å². The molecule has 0 aliphatic rings.